The lowest BCUT2D eigenvalue weighted by molar-refractivity contribution is 0.490. The van der Waals surface area contributed by atoms with Crippen LogP contribution in [0, 0.1) is 0 Å². The van der Waals surface area contributed by atoms with E-state index in [1.807, 2.05) is 13.0 Å². The van der Waals surface area contributed by atoms with Crippen molar-refractivity contribution in [3.63, 3.8) is 0 Å². The lowest BCUT2D eigenvalue weighted by atomic mass is 10.2. The molecule has 1 aromatic heterocycles. The molecular formula is C7H11BrClNO. The molecule has 0 saturated carbocycles. The van der Waals surface area contributed by atoms with Gasteiger partial charge in [0, 0.05) is 12.5 Å². The molecule has 1 unspecified atom stereocenters. The molecule has 0 saturated heterocycles. The summed E-state index contributed by atoms with van der Waals surface area (Å²) in [5.41, 5.74) is 5.57. The SMILES string of the molecule is CC(N)Cc1occc1Br.Cl. The summed E-state index contributed by atoms with van der Waals surface area (Å²) >= 11 is 3.35. The van der Waals surface area contributed by atoms with Gasteiger partial charge < -0.3 is 10.2 Å². The van der Waals surface area contributed by atoms with Crippen LogP contribution in [0.4, 0.5) is 0 Å². The van der Waals surface area contributed by atoms with Crippen LogP contribution in [-0.4, -0.2) is 6.04 Å². The molecule has 2 N–H and O–H groups in total. The van der Waals surface area contributed by atoms with Crippen molar-refractivity contribution >= 4 is 28.3 Å². The van der Waals surface area contributed by atoms with E-state index in [1.165, 1.54) is 0 Å². The largest absolute Gasteiger partial charge is 0.468 e. The van der Waals surface area contributed by atoms with Gasteiger partial charge in [0.15, 0.2) is 0 Å². The predicted octanol–water partition coefficient (Wildman–Crippen LogP) is 2.35. The lowest BCUT2D eigenvalue weighted by Crippen LogP contribution is -2.17. The zero-order chi connectivity index (χ0) is 7.56. The van der Waals surface area contributed by atoms with Crippen molar-refractivity contribution in [3.8, 4) is 0 Å². The van der Waals surface area contributed by atoms with E-state index in [0.29, 0.717) is 0 Å². The Morgan fingerprint density at radius 1 is 1.73 bits per heavy atom. The molecule has 4 heteroatoms. The molecule has 1 rings (SSSR count). The second-order valence-electron chi connectivity index (χ2n) is 2.37. The number of halogens is 2. The number of hydrogen-bond donors (Lipinski definition) is 1. The first-order valence-corrected chi connectivity index (χ1v) is 3.97. The fraction of sp³-hybridized carbons (Fsp3) is 0.429. The third kappa shape index (κ3) is 3.27. The second kappa shape index (κ2) is 4.80. The Kier molecular flexibility index (Phi) is 4.81. The Labute approximate surface area is 80.7 Å². The molecule has 0 aliphatic rings. The van der Waals surface area contributed by atoms with Crippen molar-refractivity contribution in [2.24, 2.45) is 5.73 Å². The van der Waals surface area contributed by atoms with Gasteiger partial charge in [-0.15, -0.1) is 12.4 Å². The van der Waals surface area contributed by atoms with E-state index in [4.69, 9.17) is 10.2 Å². The lowest BCUT2D eigenvalue weighted by Gasteiger charge is -2.00. The van der Waals surface area contributed by atoms with Gasteiger partial charge in [0.2, 0.25) is 0 Å². The first-order valence-electron chi connectivity index (χ1n) is 3.17. The monoisotopic (exact) mass is 239 g/mol. The summed E-state index contributed by atoms with van der Waals surface area (Å²) in [6, 6.07) is 2.03. The first-order chi connectivity index (χ1) is 4.70. The molecule has 1 aromatic rings. The third-order valence-electron chi connectivity index (χ3n) is 1.20. The average molecular weight is 241 g/mol. The molecule has 0 aromatic carbocycles. The highest BCUT2D eigenvalue weighted by Crippen LogP contribution is 2.18. The maximum atomic E-state index is 5.57. The smallest absolute Gasteiger partial charge is 0.119 e. The van der Waals surface area contributed by atoms with Crippen LogP contribution in [0.5, 0.6) is 0 Å². The van der Waals surface area contributed by atoms with Crippen LogP contribution in [0.15, 0.2) is 21.2 Å². The van der Waals surface area contributed by atoms with E-state index >= 15 is 0 Å². The van der Waals surface area contributed by atoms with Crippen molar-refractivity contribution in [1.82, 2.24) is 0 Å². The summed E-state index contributed by atoms with van der Waals surface area (Å²) in [4.78, 5) is 0. The molecule has 1 atom stereocenters. The van der Waals surface area contributed by atoms with Gasteiger partial charge in [-0.3, -0.25) is 0 Å². The fourth-order valence-electron chi connectivity index (χ4n) is 0.763. The maximum absolute atomic E-state index is 5.57. The van der Waals surface area contributed by atoms with Crippen LogP contribution in [0.2, 0.25) is 0 Å². The third-order valence-corrected chi connectivity index (χ3v) is 1.90. The summed E-state index contributed by atoms with van der Waals surface area (Å²) < 4.78 is 6.15. The highest BCUT2D eigenvalue weighted by atomic mass is 79.9. The highest BCUT2D eigenvalue weighted by molar-refractivity contribution is 9.10. The summed E-state index contributed by atoms with van der Waals surface area (Å²) in [6.45, 7) is 1.95. The van der Waals surface area contributed by atoms with Gasteiger partial charge in [0.05, 0.1) is 10.7 Å². The Balaban J connectivity index is 0.000001000. The molecule has 0 spiro atoms. The zero-order valence-corrected chi connectivity index (χ0v) is 8.61. The number of furan rings is 1. The maximum Gasteiger partial charge on any atom is 0.119 e. The van der Waals surface area contributed by atoms with Crippen molar-refractivity contribution < 1.29 is 4.42 Å². The van der Waals surface area contributed by atoms with Gasteiger partial charge in [0.25, 0.3) is 0 Å². The summed E-state index contributed by atoms with van der Waals surface area (Å²) in [5.74, 6) is 0.926. The van der Waals surface area contributed by atoms with Gasteiger partial charge in [0.1, 0.15) is 5.76 Å². The minimum Gasteiger partial charge on any atom is -0.468 e. The van der Waals surface area contributed by atoms with E-state index in [2.05, 4.69) is 15.9 Å². The minimum absolute atomic E-state index is 0. The Bertz CT molecular complexity index is 212. The molecule has 0 aliphatic heterocycles. The highest BCUT2D eigenvalue weighted by Gasteiger charge is 2.04. The average Bonchev–Trinajstić information content (AvgIpc) is 2.15. The van der Waals surface area contributed by atoms with E-state index in [9.17, 15) is 0 Å². The van der Waals surface area contributed by atoms with Crippen molar-refractivity contribution in [3.05, 3.63) is 22.6 Å². The van der Waals surface area contributed by atoms with Crippen LogP contribution >= 0.6 is 28.3 Å². The van der Waals surface area contributed by atoms with Crippen LogP contribution < -0.4 is 5.73 Å². The molecule has 1 heterocycles. The number of rotatable bonds is 2. The standard InChI is InChI=1S/C7H10BrNO.ClH/c1-5(9)4-7-6(8)2-3-10-7;/h2-3,5H,4,9H2,1H3;1H. The summed E-state index contributed by atoms with van der Waals surface area (Å²) in [5, 5.41) is 0. The Morgan fingerprint density at radius 2 is 2.36 bits per heavy atom. The van der Waals surface area contributed by atoms with Gasteiger partial charge in [-0.05, 0) is 28.9 Å². The quantitative estimate of drug-likeness (QED) is 0.862. The topological polar surface area (TPSA) is 39.2 Å². The number of hydrogen-bond acceptors (Lipinski definition) is 2. The fourth-order valence-corrected chi connectivity index (χ4v) is 1.13. The van der Waals surface area contributed by atoms with Crippen LogP contribution in [0.3, 0.4) is 0 Å². The molecule has 0 aliphatic carbocycles. The van der Waals surface area contributed by atoms with Crippen LogP contribution in [0.25, 0.3) is 0 Å². The molecule has 11 heavy (non-hydrogen) atoms. The molecule has 0 fully saturated rings. The molecule has 0 bridgehead atoms. The minimum atomic E-state index is 0. The molecular weight excluding hydrogens is 229 g/mol. The summed E-state index contributed by atoms with van der Waals surface area (Å²) in [6.07, 6.45) is 2.44. The van der Waals surface area contributed by atoms with Crippen LogP contribution in [-0.2, 0) is 6.42 Å². The summed E-state index contributed by atoms with van der Waals surface area (Å²) in [7, 11) is 0. The molecule has 0 amide bonds. The second-order valence-corrected chi connectivity index (χ2v) is 3.23. The Hall–Kier alpha value is 0.01000. The van der Waals surface area contributed by atoms with Crippen LogP contribution in [0.1, 0.15) is 12.7 Å². The van der Waals surface area contributed by atoms with E-state index in [0.717, 1.165) is 16.7 Å². The van der Waals surface area contributed by atoms with Crippen molar-refractivity contribution in [2.45, 2.75) is 19.4 Å². The number of nitrogens with two attached hydrogens (primary N) is 1. The zero-order valence-electron chi connectivity index (χ0n) is 6.21. The van der Waals surface area contributed by atoms with Gasteiger partial charge in [-0.25, -0.2) is 0 Å². The molecule has 2 nitrogen and oxygen atoms in total. The van der Waals surface area contributed by atoms with Gasteiger partial charge in [-0.2, -0.15) is 0 Å². The predicted molar refractivity (Wildman–Crippen MR) is 51.0 cm³/mol. The van der Waals surface area contributed by atoms with Gasteiger partial charge >= 0.3 is 0 Å². The molecule has 0 radical (unpaired) electrons. The normalized spacial score (nSPS) is 12.3. The first kappa shape index (κ1) is 11.0. The van der Waals surface area contributed by atoms with Crippen molar-refractivity contribution in [1.29, 1.82) is 0 Å². The van der Waals surface area contributed by atoms with E-state index < -0.39 is 0 Å². The molecule has 64 valence electrons. The Morgan fingerprint density at radius 3 is 2.73 bits per heavy atom. The van der Waals surface area contributed by atoms with E-state index in [1.54, 1.807) is 6.26 Å². The van der Waals surface area contributed by atoms with E-state index in [-0.39, 0.29) is 18.4 Å². The van der Waals surface area contributed by atoms with Gasteiger partial charge in [-0.1, -0.05) is 0 Å². The van der Waals surface area contributed by atoms with Crippen molar-refractivity contribution in [2.75, 3.05) is 0 Å².